The van der Waals surface area contributed by atoms with Crippen molar-refractivity contribution in [2.45, 2.75) is 27.7 Å². The Bertz CT molecular complexity index is 559. The molecule has 0 aliphatic rings. The van der Waals surface area contributed by atoms with Crippen molar-refractivity contribution in [1.29, 1.82) is 0 Å². The Labute approximate surface area is 163 Å². The minimum Gasteiger partial charge on any atom is -0.0433 e. The van der Waals surface area contributed by atoms with E-state index in [1.807, 2.05) is 0 Å². The average Bonchev–Trinajstić information content (AvgIpc) is 2.35. The Morgan fingerprint density at radius 3 is 0.778 bits per heavy atom. The highest BCUT2D eigenvalue weighted by molar-refractivity contribution is 14.1. The molecule has 0 heterocycles. The summed E-state index contributed by atoms with van der Waals surface area (Å²) in [7, 11) is 0. The fourth-order valence-corrected chi connectivity index (χ4v) is 6.85. The maximum atomic E-state index is 2.50. The van der Waals surface area contributed by atoms with Crippen LogP contribution >= 0.6 is 90.4 Å². The van der Waals surface area contributed by atoms with Crippen molar-refractivity contribution in [3.8, 4) is 0 Å². The van der Waals surface area contributed by atoms with Crippen molar-refractivity contribution in [1.82, 2.24) is 0 Å². The standard InChI is InChI=1S/C14H12I4/c1-5-6(2)12(16)10-9(11(5)15)13(17)7(3)8(4)14(10)18/h1-4H3. The molecule has 0 unspecified atom stereocenters. The highest BCUT2D eigenvalue weighted by Gasteiger charge is 2.19. The average molecular weight is 688 g/mol. The topological polar surface area (TPSA) is 0 Å². The van der Waals surface area contributed by atoms with E-state index in [0.29, 0.717) is 0 Å². The third-order valence-electron chi connectivity index (χ3n) is 3.57. The lowest BCUT2D eigenvalue weighted by Crippen LogP contribution is -2.01. The maximum absolute atomic E-state index is 2.50. The van der Waals surface area contributed by atoms with Gasteiger partial charge < -0.3 is 0 Å². The van der Waals surface area contributed by atoms with Gasteiger partial charge in [-0.05, 0) is 140 Å². The molecule has 0 aliphatic carbocycles. The van der Waals surface area contributed by atoms with Crippen LogP contribution in [0, 0.1) is 42.0 Å². The molecular formula is C14H12I4. The van der Waals surface area contributed by atoms with Gasteiger partial charge in [0, 0.05) is 25.1 Å². The van der Waals surface area contributed by atoms with Gasteiger partial charge >= 0.3 is 0 Å². The predicted molar refractivity (Wildman–Crippen MR) is 114 cm³/mol. The Kier molecular flexibility index (Phi) is 5.14. The predicted octanol–water partition coefficient (Wildman–Crippen LogP) is 6.49. The number of rotatable bonds is 0. The maximum Gasteiger partial charge on any atom is 0.0252 e. The second-order valence-corrected chi connectivity index (χ2v) is 8.82. The van der Waals surface area contributed by atoms with Gasteiger partial charge in [-0.2, -0.15) is 0 Å². The molecule has 0 bridgehead atoms. The third kappa shape index (κ3) is 2.34. The van der Waals surface area contributed by atoms with Crippen LogP contribution in [0.3, 0.4) is 0 Å². The summed E-state index contributed by atoms with van der Waals surface area (Å²) in [4.78, 5) is 0. The minimum absolute atomic E-state index is 1.41. The monoisotopic (exact) mass is 688 g/mol. The van der Waals surface area contributed by atoms with Crippen LogP contribution in [0.15, 0.2) is 0 Å². The number of halogens is 4. The zero-order chi connectivity index (χ0) is 13.8. The largest absolute Gasteiger partial charge is 0.0433 e. The van der Waals surface area contributed by atoms with E-state index in [-0.39, 0.29) is 0 Å². The highest BCUT2D eigenvalue weighted by Crippen LogP contribution is 2.40. The lowest BCUT2D eigenvalue weighted by molar-refractivity contribution is 1.28. The summed E-state index contributed by atoms with van der Waals surface area (Å²) in [6, 6.07) is 0. The molecule has 0 atom stereocenters. The Morgan fingerprint density at radius 2 is 0.611 bits per heavy atom. The molecule has 0 saturated heterocycles. The van der Waals surface area contributed by atoms with E-state index in [2.05, 4.69) is 118 Å². The normalized spacial score (nSPS) is 11.3. The first-order valence-electron chi connectivity index (χ1n) is 5.51. The summed E-state index contributed by atoms with van der Waals surface area (Å²) >= 11 is 10.0. The molecule has 0 nitrogen and oxygen atoms in total. The van der Waals surface area contributed by atoms with Crippen molar-refractivity contribution in [2.75, 3.05) is 0 Å². The van der Waals surface area contributed by atoms with Gasteiger partial charge in [0.2, 0.25) is 0 Å². The number of benzene rings is 2. The van der Waals surface area contributed by atoms with Gasteiger partial charge in [-0.25, -0.2) is 0 Å². The SMILES string of the molecule is Cc1c(C)c(I)c2c(I)c(C)c(C)c(I)c2c1I. The van der Waals surface area contributed by atoms with Crippen molar-refractivity contribution in [3.05, 3.63) is 36.5 Å². The van der Waals surface area contributed by atoms with Gasteiger partial charge in [0.05, 0.1) is 0 Å². The van der Waals surface area contributed by atoms with Crippen LogP contribution in [0.4, 0.5) is 0 Å². The lowest BCUT2D eigenvalue weighted by atomic mass is 9.98. The van der Waals surface area contributed by atoms with Crippen LogP contribution in [0.2, 0.25) is 0 Å². The fourth-order valence-electron chi connectivity index (χ4n) is 2.04. The van der Waals surface area contributed by atoms with Gasteiger partial charge in [-0.3, -0.25) is 0 Å². The lowest BCUT2D eigenvalue weighted by Gasteiger charge is -2.18. The number of fused-ring (bicyclic) bond motifs is 1. The summed E-state index contributed by atoms with van der Waals surface area (Å²) in [5, 5.41) is 2.88. The van der Waals surface area contributed by atoms with Gasteiger partial charge in [0.15, 0.2) is 0 Å². The molecular weight excluding hydrogens is 676 g/mol. The summed E-state index contributed by atoms with van der Waals surface area (Å²) < 4.78 is 5.63. The van der Waals surface area contributed by atoms with Crippen LogP contribution in [-0.2, 0) is 0 Å². The molecule has 96 valence electrons. The minimum atomic E-state index is 1.41. The molecule has 2 aromatic rings. The molecule has 0 spiro atoms. The molecule has 0 N–H and O–H groups in total. The molecule has 18 heavy (non-hydrogen) atoms. The first-order valence-corrected chi connectivity index (χ1v) is 9.82. The Hall–Kier alpha value is 1.62. The van der Waals surface area contributed by atoms with E-state index in [1.54, 1.807) is 0 Å². The number of hydrogen-bond donors (Lipinski definition) is 0. The second kappa shape index (κ2) is 5.78. The summed E-state index contributed by atoms with van der Waals surface area (Å²) in [5.74, 6) is 0. The van der Waals surface area contributed by atoms with Crippen LogP contribution in [-0.4, -0.2) is 0 Å². The van der Waals surface area contributed by atoms with E-state index >= 15 is 0 Å². The molecule has 2 rings (SSSR count). The Balaban J connectivity index is 3.22. The van der Waals surface area contributed by atoms with E-state index in [0.717, 1.165) is 0 Å². The first-order chi connectivity index (χ1) is 8.29. The highest BCUT2D eigenvalue weighted by atomic mass is 127. The van der Waals surface area contributed by atoms with Crippen LogP contribution in [0.1, 0.15) is 22.3 Å². The van der Waals surface area contributed by atoms with Crippen LogP contribution in [0.25, 0.3) is 10.8 Å². The zero-order valence-electron chi connectivity index (χ0n) is 10.5. The molecule has 0 saturated carbocycles. The molecule has 0 fully saturated rings. The van der Waals surface area contributed by atoms with Gasteiger partial charge in [-0.1, -0.05) is 0 Å². The van der Waals surface area contributed by atoms with Crippen molar-refractivity contribution < 1.29 is 0 Å². The summed E-state index contributed by atoms with van der Waals surface area (Å²) in [6.45, 7) is 8.93. The molecule has 2 aromatic carbocycles. The smallest absolute Gasteiger partial charge is 0.0252 e. The quantitative estimate of drug-likeness (QED) is 0.278. The molecule has 0 aromatic heterocycles. The zero-order valence-corrected chi connectivity index (χ0v) is 19.1. The molecule has 0 radical (unpaired) electrons. The van der Waals surface area contributed by atoms with Crippen LogP contribution < -0.4 is 0 Å². The van der Waals surface area contributed by atoms with E-state index in [4.69, 9.17) is 0 Å². The second-order valence-electron chi connectivity index (χ2n) is 4.51. The van der Waals surface area contributed by atoms with E-state index in [9.17, 15) is 0 Å². The van der Waals surface area contributed by atoms with Gasteiger partial charge in [0.1, 0.15) is 0 Å². The molecule has 0 aliphatic heterocycles. The summed E-state index contributed by atoms with van der Waals surface area (Å²) in [6.07, 6.45) is 0. The van der Waals surface area contributed by atoms with Crippen LogP contribution in [0.5, 0.6) is 0 Å². The fraction of sp³-hybridized carbons (Fsp3) is 0.286. The van der Waals surface area contributed by atoms with E-state index in [1.165, 1.54) is 47.3 Å². The third-order valence-corrected chi connectivity index (χ3v) is 8.96. The van der Waals surface area contributed by atoms with Crippen molar-refractivity contribution in [3.63, 3.8) is 0 Å². The van der Waals surface area contributed by atoms with Gasteiger partial charge in [-0.15, -0.1) is 0 Å². The molecule has 4 heteroatoms. The summed E-state index contributed by atoms with van der Waals surface area (Å²) in [5.41, 5.74) is 5.68. The van der Waals surface area contributed by atoms with Gasteiger partial charge in [0.25, 0.3) is 0 Å². The van der Waals surface area contributed by atoms with Crippen molar-refractivity contribution >= 4 is 101 Å². The first kappa shape index (κ1) is 16.0. The van der Waals surface area contributed by atoms with E-state index < -0.39 is 0 Å². The molecule has 0 amide bonds. The number of hydrogen-bond acceptors (Lipinski definition) is 0. The van der Waals surface area contributed by atoms with Crippen molar-refractivity contribution in [2.24, 2.45) is 0 Å². The Morgan fingerprint density at radius 1 is 0.444 bits per heavy atom.